The third-order valence-electron chi connectivity index (χ3n) is 2.41. The Kier molecular flexibility index (Phi) is 2.72. The van der Waals surface area contributed by atoms with E-state index in [9.17, 15) is 4.79 Å². The van der Waals surface area contributed by atoms with E-state index in [0.717, 1.165) is 17.0 Å². The molecule has 4 nitrogen and oxygen atoms in total. The van der Waals surface area contributed by atoms with E-state index in [0.29, 0.717) is 5.56 Å². The zero-order valence-corrected chi connectivity index (χ0v) is 9.15. The highest BCUT2D eigenvalue weighted by atomic mass is 16.5. The van der Waals surface area contributed by atoms with E-state index in [1.807, 2.05) is 19.1 Å². The number of pyridine rings is 1. The average Bonchev–Trinajstić information content (AvgIpc) is 2.71. The van der Waals surface area contributed by atoms with E-state index in [1.165, 1.54) is 7.11 Å². The van der Waals surface area contributed by atoms with Crippen LogP contribution in [0.3, 0.4) is 0 Å². The van der Waals surface area contributed by atoms with E-state index >= 15 is 0 Å². The Labute approximate surface area is 93.3 Å². The van der Waals surface area contributed by atoms with Crippen LogP contribution < -0.4 is 0 Å². The number of aryl methyl sites for hydroxylation is 1. The molecule has 2 aromatic heterocycles. The van der Waals surface area contributed by atoms with Gasteiger partial charge in [0.15, 0.2) is 0 Å². The maximum Gasteiger partial charge on any atom is 0.339 e. The highest BCUT2D eigenvalue weighted by molar-refractivity contribution is 5.92. The summed E-state index contributed by atoms with van der Waals surface area (Å²) in [6, 6.07) is 5.55. The first-order valence-electron chi connectivity index (χ1n) is 4.90. The predicted molar refractivity (Wildman–Crippen MR) is 60.1 cm³/mol. The molecule has 2 heterocycles. The average molecular weight is 216 g/mol. The van der Waals surface area contributed by atoms with Crippen molar-refractivity contribution in [3.8, 4) is 11.3 Å². The molecule has 4 heteroatoms. The van der Waals surface area contributed by atoms with Crippen LogP contribution in [0.5, 0.6) is 0 Å². The summed E-state index contributed by atoms with van der Waals surface area (Å²) in [6.45, 7) is 1.84. The van der Waals surface area contributed by atoms with E-state index < -0.39 is 0 Å². The minimum Gasteiger partial charge on any atom is -0.465 e. The number of rotatable bonds is 2. The van der Waals surface area contributed by atoms with Crippen LogP contribution in [0.15, 0.2) is 30.6 Å². The highest BCUT2D eigenvalue weighted by Crippen LogP contribution is 2.21. The Morgan fingerprint density at radius 3 is 2.69 bits per heavy atom. The number of hydrogen-bond acceptors (Lipinski definition) is 3. The first-order valence-corrected chi connectivity index (χ1v) is 4.90. The van der Waals surface area contributed by atoms with E-state index in [1.54, 1.807) is 18.5 Å². The van der Waals surface area contributed by atoms with Gasteiger partial charge >= 0.3 is 5.97 Å². The molecular formula is C12H12N2O2. The molecule has 16 heavy (non-hydrogen) atoms. The second-order valence-corrected chi connectivity index (χ2v) is 3.45. The Morgan fingerprint density at radius 2 is 2.06 bits per heavy atom. The van der Waals surface area contributed by atoms with E-state index in [2.05, 4.69) is 9.97 Å². The van der Waals surface area contributed by atoms with Crippen LogP contribution in [0.4, 0.5) is 0 Å². The predicted octanol–water partition coefficient (Wildman–Crippen LogP) is 2.17. The number of methoxy groups -OCH3 is 1. The second-order valence-electron chi connectivity index (χ2n) is 3.45. The zero-order chi connectivity index (χ0) is 11.5. The molecule has 0 unspecified atom stereocenters. The Hall–Kier alpha value is -2.10. The molecule has 0 saturated heterocycles. The second kappa shape index (κ2) is 4.18. The van der Waals surface area contributed by atoms with Crippen molar-refractivity contribution < 1.29 is 9.53 Å². The maximum atomic E-state index is 11.4. The lowest BCUT2D eigenvalue weighted by molar-refractivity contribution is 0.0600. The van der Waals surface area contributed by atoms with Crippen molar-refractivity contribution in [1.29, 1.82) is 0 Å². The SMILES string of the molecule is COC(=O)c1cc(-c2ccncc2)[nH]c1C. The van der Waals surface area contributed by atoms with Crippen LogP contribution >= 0.6 is 0 Å². The molecule has 0 aliphatic heterocycles. The molecule has 0 bridgehead atoms. The van der Waals surface area contributed by atoms with Crippen LogP contribution in [0.2, 0.25) is 0 Å². The van der Waals surface area contributed by atoms with Gasteiger partial charge in [-0.2, -0.15) is 0 Å². The number of carbonyl (C=O) groups is 1. The van der Waals surface area contributed by atoms with Gasteiger partial charge in [-0.25, -0.2) is 4.79 Å². The number of nitrogens with zero attached hydrogens (tertiary/aromatic N) is 1. The van der Waals surface area contributed by atoms with Crippen LogP contribution in [0.25, 0.3) is 11.3 Å². The molecule has 0 amide bonds. The van der Waals surface area contributed by atoms with Gasteiger partial charge in [0.1, 0.15) is 0 Å². The normalized spacial score (nSPS) is 10.1. The van der Waals surface area contributed by atoms with Crippen molar-refractivity contribution in [2.45, 2.75) is 6.92 Å². The summed E-state index contributed by atoms with van der Waals surface area (Å²) in [7, 11) is 1.38. The zero-order valence-electron chi connectivity index (χ0n) is 9.15. The minimum atomic E-state index is -0.325. The van der Waals surface area contributed by atoms with Crippen molar-refractivity contribution in [3.05, 3.63) is 41.9 Å². The number of ether oxygens (including phenoxy) is 1. The smallest absolute Gasteiger partial charge is 0.339 e. The van der Waals surface area contributed by atoms with Crippen LogP contribution in [-0.2, 0) is 4.74 Å². The van der Waals surface area contributed by atoms with Crippen LogP contribution in [0, 0.1) is 6.92 Å². The number of aromatic amines is 1. The van der Waals surface area contributed by atoms with Crippen molar-refractivity contribution in [3.63, 3.8) is 0 Å². The summed E-state index contributed by atoms with van der Waals surface area (Å²) in [5.74, 6) is -0.325. The number of hydrogen-bond donors (Lipinski definition) is 1. The molecule has 0 saturated carbocycles. The lowest BCUT2D eigenvalue weighted by Crippen LogP contribution is -2.00. The highest BCUT2D eigenvalue weighted by Gasteiger charge is 2.13. The van der Waals surface area contributed by atoms with Gasteiger partial charge in [-0.1, -0.05) is 0 Å². The summed E-state index contributed by atoms with van der Waals surface area (Å²) in [5, 5.41) is 0. The molecule has 0 aromatic carbocycles. The Bertz CT molecular complexity index is 503. The van der Waals surface area contributed by atoms with Gasteiger partial charge in [-0.3, -0.25) is 4.98 Å². The number of nitrogens with one attached hydrogen (secondary N) is 1. The summed E-state index contributed by atoms with van der Waals surface area (Å²) < 4.78 is 4.70. The van der Waals surface area contributed by atoms with E-state index in [-0.39, 0.29) is 5.97 Å². The topological polar surface area (TPSA) is 55.0 Å². The standard InChI is InChI=1S/C12H12N2O2/c1-8-10(12(15)16-2)7-11(14-8)9-3-5-13-6-4-9/h3-7,14H,1-2H3. The quantitative estimate of drug-likeness (QED) is 0.783. The first kappa shape index (κ1) is 10.4. The maximum absolute atomic E-state index is 11.4. The molecule has 0 fully saturated rings. The lowest BCUT2D eigenvalue weighted by atomic mass is 10.2. The van der Waals surface area contributed by atoms with Crippen LogP contribution in [0.1, 0.15) is 16.1 Å². The Morgan fingerprint density at radius 1 is 1.38 bits per heavy atom. The fraction of sp³-hybridized carbons (Fsp3) is 0.167. The Balaban J connectivity index is 2.42. The number of aromatic nitrogens is 2. The number of carbonyl (C=O) groups excluding carboxylic acids is 1. The molecule has 0 spiro atoms. The monoisotopic (exact) mass is 216 g/mol. The summed E-state index contributed by atoms with van der Waals surface area (Å²) in [5.41, 5.74) is 3.25. The number of esters is 1. The molecular weight excluding hydrogens is 204 g/mol. The molecule has 2 rings (SSSR count). The fourth-order valence-corrected chi connectivity index (χ4v) is 1.57. The number of H-pyrrole nitrogens is 1. The van der Waals surface area contributed by atoms with Gasteiger partial charge in [0.25, 0.3) is 0 Å². The summed E-state index contributed by atoms with van der Waals surface area (Å²) >= 11 is 0. The molecule has 82 valence electrons. The van der Waals surface area contributed by atoms with Gasteiger partial charge in [0.2, 0.25) is 0 Å². The van der Waals surface area contributed by atoms with E-state index in [4.69, 9.17) is 4.74 Å². The minimum absolute atomic E-state index is 0.325. The first-order chi connectivity index (χ1) is 7.72. The van der Waals surface area contributed by atoms with Gasteiger partial charge in [-0.15, -0.1) is 0 Å². The van der Waals surface area contributed by atoms with Gasteiger partial charge < -0.3 is 9.72 Å². The van der Waals surface area contributed by atoms with Gasteiger partial charge in [0, 0.05) is 29.3 Å². The van der Waals surface area contributed by atoms with Crippen molar-refractivity contribution in [1.82, 2.24) is 9.97 Å². The molecule has 1 N–H and O–H groups in total. The summed E-state index contributed by atoms with van der Waals surface area (Å²) in [6.07, 6.45) is 3.42. The molecule has 0 aliphatic carbocycles. The van der Waals surface area contributed by atoms with Crippen molar-refractivity contribution in [2.75, 3.05) is 7.11 Å². The lowest BCUT2D eigenvalue weighted by Gasteiger charge is -1.95. The molecule has 0 radical (unpaired) electrons. The third kappa shape index (κ3) is 1.82. The molecule has 0 atom stereocenters. The van der Waals surface area contributed by atoms with Crippen molar-refractivity contribution >= 4 is 5.97 Å². The fourth-order valence-electron chi connectivity index (χ4n) is 1.57. The summed E-state index contributed by atoms with van der Waals surface area (Å²) in [4.78, 5) is 18.5. The van der Waals surface area contributed by atoms with Crippen LogP contribution in [-0.4, -0.2) is 23.0 Å². The van der Waals surface area contributed by atoms with Gasteiger partial charge in [0.05, 0.1) is 12.7 Å². The molecule has 0 aliphatic rings. The third-order valence-corrected chi connectivity index (χ3v) is 2.41. The van der Waals surface area contributed by atoms with Crippen molar-refractivity contribution in [2.24, 2.45) is 0 Å². The van der Waals surface area contributed by atoms with Gasteiger partial charge in [-0.05, 0) is 25.1 Å². The largest absolute Gasteiger partial charge is 0.465 e. The molecule has 2 aromatic rings.